The number of nitrogens with zero attached hydrogens (tertiary/aromatic N) is 1. The molecule has 0 unspecified atom stereocenters. The van der Waals surface area contributed by atoms with Crippen molar-refractivity contribution in [3.05, 3.63) is 15.0 Å². The predicted molar refractivity (Wildman–Crippen MR) is 50.4 cm³/mol. The number of carbonyl (C=O) groups is 1. The van der Waals surface area contributed by atoms with Gasteiger partial charge in [-0.3, -0.25) is 0 Å². The molecule has 0 amide bonds. The fourth-order valence-corrected chi connectivity index (χ4v) is 1.59. The van der Waals surface area contributed by atoms with Crippen molar-refractivity contribution < 1.29 is 9.53 Å². The Morgan fingerprint density at radius 1 is 1.83 bits per heavy atom. The molecule has 3 nitrogen and oxygen atoms in total. The summed E-state index contributed by atoms with van der Waals surface area (Å²) in [4.78, 5) is 15.0. The summed E-state index contributed by atoms with van der Waals surface area (Å²) in [6, 6.07) is 0. The Balaban J connectivity index is 2.53. The van der Waals surface area contributed by atoms with Gasteiger partial charge in [-0.2, -0.15) is 0 Å². The number of rotatable bonds is 3. The lowest BCUT2D eigenvalue weighted by atomic mass is 10.5. The van der Waals surface area contributed by atoms with E-state index in [1.165, 1.54) is 11.3 Å². The van der Waals surface area contributed by atoms with Gasteiger partial charge in [0.2, 0.25) is 0 Å². The Labute approximate surface area is 82.9 Å². The summed E-state index contributed by atoms with van der Waals surface area (Å²) < 4.78 is 5.57. The zero-order valence-corrected chi connectivity index (χ0v) is 8.94. The summed E-state index contributed by atoms with van der Waals surface area (Å²) in [5.74, 6) is -0.348. The molecule has 1 aromatic heterocycles. The number of ether oxygens (including phenoxy) is 1. The second-order valence-corrected chi connectivity index (χ2v) is 4.26. The van der Waals surface area contributed by atoms with Crippen LogP contribution >= 0.6 is 27.3 Å². The largest absolute Gasteiger partial charge is 0.461 e. The van der Waals surface area contributed by atoms with E-state index in [-0.39, 0.29) is 5.97 Å². The van der Waals surface area contributed by atoms with Crippen molar-refractivity contribution in [2.45, 2.75) is 13.3 Å². The van der Waals surface area contributed by atoms with Crippen LogP contribution in [0.2, 0.25) is 0 Å². The summed E-state index contributed by atoms with van der Waals surface area (Å²) in [7, 11) is 0. The molecule has 12 heavy (non-hydrogen) atoms. The number of carbonyl (C=O) groups excluding carboxylic acids is 1. The molecule has 1 aromatic rings. The van der Waals surface area contributed by atoms with Gasteiger partial charge in [-0.05, 0) is 22.4 Å². The molecule has 0 saturated carbocycles. The third-order valence-electron chi connectivity index (χ3n) is 1.12. The van der Waals surface area contributed by atoms with Crippen molar-refractivity contribution in [1.82, 2.24) is 4.98 Å². The van der Waals surface area contributed by atoms with Crippen molar-refractivity contribution in [3.63, 3.8) is 0 Å². The highest BCUT2D eigenvalue weighted by molar-refractivity contribution is 9.11. The van der Waals surface area contributed by atoms with Crippen LogP contribution in [-0.4, -0.2) is 17.6 Å². The molecule has 0 radical (unpaired) electrons. The maximum absolute atomic E-state index is 11.1. The van der Waals surface area contributed by atoms with Crippen molar-refractivity contribution in [3.8, 4) is 0 Å². The monoisotopic (exact) mass is 249 g/mol. The Morgan fingerprint density at radius 2 is 2.58 bits per heavy atom. The molecule has 0 N–H and O–H groups in total. The quantitative estimate of drug-likeness (QED) is 0.773. The molecule has 66 valence electrons. The molecule has 0 fully saturated rings. The van der Waals surface area contributed by atoms with Crippen molar-refractivity contribution in [2.24, 2.45) is 0 Å². The highest BCUT2D eigenvalue weighted by atomic mass is 79.9. The summed E-state index contributed by atoms with van der Waals surface area (Å²) in [5, 5.41) is 1.67. The summed E-state index contributed by atoms with van der Waals surface area (Å²) in [5.41, 5.74) is 0.375. The first kappa shape index (κ1) is 9.67. The van der Waals surface area contributed by atoms with Gasteiger partial charge in [0.15, 0.2) is 9.61 Å². The molecule has 0 aliphatic carbocycles. The third-order valence-corrected chi connectivity index (χ3v) is 2.49. The Hall–Kier alpha value is -0.420. The van der Waals surface area contributed by atoms with Gasteiger partial charge < -0.3 is 4.74 Å². The topological polar surface area (TPSA) is 39.2 Å². The molecule has 0 bridgehead atoms. The van der Waals surface area contributed by atoms with Gasteiger partial charge in [0, 0.05) is 5.38 Å². The smallest absolute Gasteiger partial charge is 0.357 e. The van der Waals surface area contributed by atoms with Gasteiger partial charge in [-0.1, -0.05) is 6.92 Å². The molecule has 0 spiro atoms. The first-order chi connectivity index (χ1) is 5.74. The molecule has 0 aromatic carbocycles. The molecule has 0 aliphatic heterocycles. The lowest BCUT2D eigenvalue weighted by Gasteiger charge is -1.97. The fraction of sp³-hybridized carbons (Fsp3) is 0.429. The van der Waals surface area contributed by atoms with Gasteiger partial charge in [0.25, 0.3) is 0 Å². The maximum atomic E-state index is 11.1. The predicted octanol–water partition coefficient (Wildman–Crippen LogP) is 2.47. The normalized spacial score (nSPS) is 9.83. The van der Waals surface area contributed by atoms with Crippen LogP contribution < -0.4 is 0 Å². The van der Waals surface area contributed by atoms with E-state index in [0.717, 1.165) is 6.42 Å². The van der Waals surface area contributed by atoms with Crippen LogP contribution in [0.1, 0.15) is 23.8 Å². The number of hydrogen-bond donors (Lipinski definition) is 0. The minimum atomic E-state index is -0.348. The van der Waals surface area contributed by atoms with E-state index in [1.807, 2.05) is 6.92 Å². The number of hydrogen-bond acceptors (Lipinski definition) is 4. The molecular formula is C7H8BrNO2S. The van der Waals surface area contributed by atoms with Crippen molar-refractivity contribution in [1.29, 1.82) is 0 Å². The standard InChI is InChI=1S/C7H8BrNO2S/c1-2-3-11-6(10)5-4-12-7(8)9-5/h4H,2-3H2,1H3. The minimum Gasteiger partial charge on any atom is -0.461 e. The van der Waals surface area contributed by atoms with Gasteiger partial charge in [-0.15, -0.1) is 11.3 Å². The molecular weight excluding hydrogens is 242 g/mol. The summed E-state index contributed by atoms with van der Waals surface area (Å²) in [6.07, 6.45) is 0.830. The van der Waals surface area contributed by atoms with E-state index in [2.05, 4.69) is 20.9 Å². The number of esters is 1. The lowest BCUT2D eigenvalue weighted by Crippen LogP contribution is -2.05. The van der Waals surface area contributed by atoms with Crippen LogP contribution in [0.25, 0.3) is 0 Å². The second kappa shape index (κ2) is 4.57. The zero-order chi connectivity index (χ0) is 8.97. The number of halogens is 1. The highest BCUT2D eigenvalue weighted by Crippen LogP contribution is 2.16. The Bertz CT molecular complexity index is 274. The van der Waals surface area contributed by atoms with Gasteiger partial charge >= 0.3 is 5.97 Å². The first-order valence-corrected chi connectivity index (χ1v) is 5.19. The third kappa shape index (κ3) is 2.57. The van der Waals surface area contributed by atoms with Crippen LogP contribution in [0.15, 0.2) is 9.30 Å². The molecule has 0 saturated heterocycles. The average molecular weight is 250 g/mol. The van der Waals surface area contributed by atoms with Gasteiger partial charge in [0.1, 0.15) is 0 Å². The van der Waals surface area contributed by atoms with Crippen molar-refractivity contribution >= 4 is 33.2 Å². The molecule has 0 atom stereocenters. The van der Waals surface area contributed by atoms with E-state index in [0.29, 0.717) is 16.2 Å². The molecule has 1 heterocycles. The van der Waals surface area contributed by atoms with Crippen molar-refractivity contribution in [2.75, 3.05) is 6.61 Å². The second-order valence-electron chi connectivity index (χ2n) is 2.12. The number of thiazole rings is 1. The number of aromatic nitrogens is 1. The van der Waals surface area contributed by atoms with Crippen LogP contribution in [0.5, 0.6) is 0 Å². The zero-order valence-electron chi connectivity index (χ0n) is 6.54. The molecule has 1 rings (SSSR count). The maximum Gasteiger partial charge on any atom is 0.357 e. The summed E-state index contributed by atoms with van der Waals surface area (Å²) in [6.45, 7) is 2.40. The lowest BCUT2D eigenvalue weighted by molar-refractivity contribution is 0.0499. The first-order valence-electron chi connectivity index (χ1n) is 3.52. The van der Waals surface area contributed by atoms with E-state index in [4.69, 9.17) is 4.74 Å². The average Bonchev–Trinajstić information content (AvgIpc) is 2.47. The van der Waals surface area contributed by atoms with Crippen LogP contribution in [0.3, 0.4) is 0 Å². The van der Waals surface area contributed by atoms with E-state index in [1.54, 1.807) is 5.38 Å². The van der Waals surface area contributed by atoms with E-state index in [9.17, 15) is 4.79 Å². The highest BCUT2D eigenvalue weighted by Gasteiger charge is 2.09. The van der Waals surface area contributed by atoms with Crippen LogP contribution in [-0.2, 0) is 4.74 Å². The van der Waals surface area contributed by atoms with Crippen LogP contribution in [0, 0.1) is 0 Å². The fourth-order valence-electron chi connectivity index (χ4n) is 0.614. The van der Waals surface area contributed by atoms with E-state index < -0.39 is 0 Å². The molecule has 0 aliphatic rings. The Morgan fingerprint density at radius 3 is 3.08 bits per heavy atom. The summed E-state index contributed by atoms with van der Waals surface area (Å²) >= 11 is 4.54. The SMILES string of the molecule is CCCOC(=O)c1csc(Br)n1. The minimum absolute atomic E-state index is 0.348. The Kier molecular flexibility index (Phi) is 3.68. The van der Waals surface area contributed by atoms with Crippen LogP contribution in [0.4, 0.5) is 0 Å². The molecule has 5 heteroatoms. The van der Waals surface area contributed by atoms with Gasteiger partial charge in [0.05, 0.1) is 6.61 Å². The van der Waals surface area contributed by atoms with E-state index >= 15 is 0 Å². The van der Waals surface area contributed by atoms with Gasteiger partial charge in [-0.25, -0.2) is 9.78 Å².